The van der Waals surface area contributed by atoms with E-state index in [0.717, 1.165) is 12.1 Å². The van der Waals surface area contributed by atoms with Crippen LogP contribution in [0.3, 0.4) is 0 Å². The number of carbonyl (C=O) groups excluding carboxylic acids is 1. The first-order valence-corrected chi connectivity index (χ1v) is 10.7. The number of aromatic nitrogens is 2. The minimum absolute atomic E-state index is 0.252. The fourth-order valence-corrected chi connectivity index (χ4v) is 3.77. The standard InChI is InChI=1S/C24H29N5O/c30-24(26-23-13-16-29(27-23)19-21-7-3-1-4-8-21)25-17-20-9-11-22(12-10-20)18-28-14-5-2-6-15-28/h1,3-4,7-13,16H,2,5-6,14-15,17-19H2,(H2,25,26,27,30). The third kappa shape index (κ3) is 5.94. The van der Waals surface area contributed by atoms with Gasteiger partial charge in [-0.1, -0.05) is 61.0 Å². The largest absolute Gasteiger partial charge is 0.334 e. The van der Waals surface area contributed by atoms with E-state index < -0.39 is 0 Å². The van der Waals surface area contributed by atoms with Crippen LogP contribution in [0.1, 0.15) is 36.0 Å². The average Bonchev–Trinajstić information content (AvgIpc) is 3.21. The molecule has 0 bridgehead atoms. The number of hydrogen-bond donors (Lipinski definition) is 2. The highest BCUT2D eigenvalue weighted by atomic mass is 16.2. The van der Waals surface area contributed by atoms with Gasteiger partial charge in [-0.15, -0.1) is 0 Å². The maximum absolute atomic E-state index is 12.2. The van der Waals surface area contributed by atoms with E-state index in [2.05, 4.69) is 57.0 Å². The van der Waals surface area contributed by atoms with Crippen LogP contribution < -0.4 is 10.6 Å². The molecule has 2 heterocycles. The first-order valence-electron chi connectivity index (χ1n) is 10.7. The predicted molar refractivity (Wildman–Crippen MR) is 119 cm³/mol. The molecule has 0 unspecified atom stereocenters. The number of benzene rings is 2. The van der Waals surface area contributed by atoms with Crippen molar-refractivity contribution in [1.82, 2.24) is 20.0 Å². The van der Waals surface area contributed by atoms with Crippen LogP contribution in [0, 0.1) is 0 Å². The molecule has 2 N–H and O–H groups in total. The number of nitrogens with zero attached hydrogens (tertiary/aromatic N) is 3. The van der Waals surface area contributed by atoms with Crippen molar-refractivity contribution in [3.63, 3.8) is 0 Å². The van der Waals surface area contributed by atoms with Crippen LogP contribution in [0.15, 0.2) is 66.9 Å². The molecule has 6 heteroatoms. The van der Waals surface area contributed by atoms with Gasteiger partial charge in [0.25, 0.3) is 0 Å². The molecule has 1 aromatic heterocycles. The molecule has 156 valence electrons. The molecule has 2 aromatic carbocycles. The number of nitrogens with one attached hydrogen (secondary N) is 2. The third-order valence-corrected chi connectivity index (χ3v) is 5.40. The van der Waals surface area contributed by atoms with Gasteiger partial charge in [-0.2, -0.15) is 5.10 Å². The van der Waals surface area contributed by atoms with Crippen LogP contribution in [0.25, 0.3) is 0 Å². The molecular formula is C24H29N5O. The van der Waals surface area contributed by atoms with Gasteiger partial charge in [0.05, 0.1) is 6.54 Å². The second-order valence-electron chi connectivity index (χ2n) is 7.85. The van der Waals surface area contributed by atoms with E-state index in [1.54, 1.807) is 6.07 Å². The summed E-state index contributed by atoms with van der Waals surface area (Å²) in [5.74, 6) is 0.542. The van der Waals surface area contributed by atoms with Crippen molar-refractivity contribution in [2.45, 2.75) is 38.9 Å². The van der Waals surface area contributed by atoms with Crippen LogP contribution in [0.4, 0.5) is 10.6 Å². The quantitative estimate of drug-likeness (QED) is 0.620. The maximum Gasteiger partial charge on any atom is 0.320 e. The van der Waals surface area contributed by atoms with Crippen LogP contribution in [-0.4, -0.2) is 33.8 Å². The summed E-state index contributed by atoms with van der Waals surface area (Å²) in [7, 11) is 0. The molecule has 30 heavy (non-hydrogen) atoms. The molecule has 0 atom stereocenters. The Morgan fingerprint density at radius 1 is 0.833 bits per heavy atom. The van der Waals surface area contributed by atoms with E-state index in [4.69, 9.17) is 0 Å². The molecule has 0 aliphatic carbocycles. The molecule has 0 radical (unpaired) electrons. The number of urea groups is 1. The van der Waals surface area contributed by atoms with Gasteiger partial charge in [-0.25, -0.2) is 4.79 Å². The maximum atomic E-state index is 12.2. The minimum atomic E-state index is -0.252. The first-order chi connectivity index (χ1) is 14.7. The lowest BCUT2D eigenvalue weighted by Crippen LogP contribution is -2.29. The van der Waals surface area contributed by atoms with Crippen LogP contribution in [0.5, 0.6) is 0 Å². The molecule has 1 fully saturated rings. The summed E-state index contributed by atoms with van der Waals surface area (Å²) in [5, 5.41) is 10.1. The summed E-state index contributed by atoms with van der Waals surface area (Å²) >= 11 is 0. The summed E-state index contributed by atoms with van der Waals surface area (Å²) in [6.07, 6.45) is 5.84. The van der Waals surface area contributed by atoms with Gasteiger partial charge in [0.2, 0.25) is 0 Å². The summed E-state index contributed by atoms with van der Waals surface area (Å²) in [5.41, 5.74) is 3.58. The zero-order valence-electron chi connectivity index (χ0n) is 17.3. The van der Waals surface area contributed by atoms with Crippen molar-refractivity contribution in [3.8, 4) is 0 Å². The minimum Gasteiger partial charge on any atom is -0.334 e. The normalized spacial score (nSPS) is 14.4. The fraction of sp³-hybridized carbons (Fsp3) is 0.333. The SMILES string of the molecule is O=C(NCc1ccc(CN2CCCCC2)cc1)Nc1ccn(Cc2ccccc2)n1. The van der Waals surface area contributed by atoms with Gasteiger partial charge >= 0.3 is 6.03 Å². The molecule has 0 spiro atoms. The van der Waals surface area contributed by atoms with Crippen molar-refractivity contribution < 1.29 is 4.79 Å². The molecule has 1 aliphatic heterocycles. The van der Waals surface area contributed by atoms with E-state index in [0.29, 0.717) is 18.9 Å². The Morgan fingerprint density at radius 3 is 2.30 bits per heavy atom. The summed E-state index contributed by atoms with van der Waals surface area (Å²) in [6, 6.07) is 20.2. The third-order valence-electron chi connectivity index (χ3n) is 5.40. The molecule has 0 saturated carbocycles. The number of hydrogen-bond acceptors (Lipinski definition) is 3. The number of likely N-dealkylation sites (tertiary alicyclic amines) is 1. The van der Waals surface area contributed by atoms with Crippen molar-refractivity contribution in [3.05, 3.63) is 83.6 Å². The lowest BCUT2D eigenvalue weighted by Gasteiger charge is -2.26. The smallest absolute Gasteiger partial charge is 0.320 e. The molecule has 1 saturated heterocycles. The Hall–Kier alpha value is -3.12. The van der Waals surface area contributed by atoms with Gasteiger partial charge in [0.1, 0.15) is 0 Å². The van der Waals surface area contributed by atoms with Crippen LogP contribution in [-0.2, 0) is 19.6 Å². The van der Waals surface area contributed by atoms with Gasteiger partial charge in [-0.3, -0.25) is 14.9 Å². The van der Waals surface area contributed by atoms with E-state index in [9.17, 15) is 4.79 Å². The Kier molecular flexibility index (Phi) is 6.77. The van der Waals surface area contributed by atoms with Gasteiger partial charge in [0, 0.05) is 25.4 Å². The van der Waals surface area contributed by atoms with Crippen molar-refractivity contribution in [2.24, 2.45) is 0 Å². The Bertz CT molecular complexity index is 930. The lowest BCUT2D eigenvalue weighted by atomic mass is 10.1. The zero-order valence-corrected chi connectivity index (χ0v) is 17.3. The Morgan fingerprint density at radius 2 is 1.53 bits per heavy atom. The molecule has 6 nitrogen and oxygen atoms in total. The van der Waals surface area contributed by atoms with Gasteiger partial charge < -0.3 is 5.32 Å². The number of piperidine rings is 1. The highest BCUT2D eigenvalue weighted by molar-refractivity contribution is 5.88. The first kappa shape index (κ1) is 20.2. The van der Waals surface area contributed by atoms with Gasteiger partial charge in [-0.05, 0) is 42.6 Å². The van der Waals surface area contributed by atoms with Crippen molar-refractivity contribution in [1.29, 1.82) is 0 Å². The molecule has 1 aliphatic rings. The summed E-state index contributed by atoms with van der Waals surface area (Å²) in [4.78, 5) is 14.7. The van der Waals surface area contributed by atoms with E-state index >= 15 is 0 Å². The van der Waals surface area contributed by atoms with Crippen molar-refractivity contribution >= 4 is 11.8 Å². The van der Waals surface area contributed by atoms with Gasteiger partial charge in [0.15, 0.2) is 5.82 Å². The number of carbonyl (C=O) groups is 1. The van der Waals surface area contributed by atoms with E-state index in [1.807, 2.05) is 29.1 Å². The van der Waals surface area contributed by atoms with Crippen molar-refractivity contribution in [2.75, 3.05) is 18.4 Å². The number of anilines is 1. The number of rotatable bonds is 7. The Balaban J connectivity index is 1.22. The van der Waals surface area contributed by atoms with E-state index in [1.165, 1.54) is 43.5 Å². The highest BCUT2D eigenvalue weighted by Gasteiger charge is 2.10. The fourth-order valence-electron chi connectivity index (χ4n) is 3.77. The monoisotopic (exact) mass is 403 g/mol. The zero-order chi connectivity index (χ0) is 20.6. The molecule has 4 rings (SSSR count). The summed E-state index contributed by atoms with van der Waals surface area (Å²) in [6.45, 7) is 4.57. The average molecular weight is 404 g/mol. The number of amides is 2. The summed E-state index contributed by atoms with van der Waals surface area (Å²) < 4.78 is 1.81. The second kappa shape index (κ2) is 10.1. The van der Waals surface area contributed by atoms with E-state index in [-0.39, 0.29) is 6.03 Å². The lowest BCUT2D eigenvalue weighted by molar-refractivity contribution is 0.221. The predicted octanol–water partition coefficient (Wildman–Crippen LogP) is 4.24. The second-order valence-corrected chi connectivity index (χ2v) is 7.85. The molecule has 2 amide bonds. The highest BCUT2D eigenvalue weighted by Crippen LogP contribution is 2.14. The molecular weight excluding hydrogens is 374 g/mol. The molecule has 3 aromatic rings. The topological polar surface area (TPSA) is 62.2 Å². The van der Waals surface area contributed by atoms with Crippen LogP contribution in [0.2, 0.25) is 0 Å². The Labute approximate surface area is 177 Å². The van der Waals surface area contributed by atoms with Crippen LogP contribution >= 0.6 is 0 Å².